The molecule has 6 heteroatoms. The number of alkyl halides is 3. The van der Waals surface area contributed by atoms with Crippen LogP contribution in [0.4, 0.5) is 0 Å². The van der Waals surface area contributed by atoms with E-state index >= 15 is 0 Å². The van der Waals surface area contributed by atoms with Crippen LogP contribution < -0.4 is 4.74 Å². The number of ether oxygens (including phenoxy) is 1. The zero-order valence-electron chi connectivity index (χ0n) is 8.68. The highest BCUT2D eigenvalue weighted by atomic mass is 35.6. The molecule has 90 valence electrons. The Hall–Kier alpha value is -0.410. The number of rotatable bonds is 1. The Morgan fingerprint density at radius 3 is 2.41 bits per heavy atom. The summed E-state index contributed by atoms with van der Waals surface area (Å²) in [5.41, 5.74) is 0.829. The van der Waals surface area contributed by atoms with Gasteiger partial charge >= 0.3 is 0 Å². The maximum atomic E-state index is 6.13. The molecule has 0 aliphatic heterocycles. The molecule has 0 saturated carbocycles. The van der Waals surface area contributed by atoms with E-state index in [1.54, 1.807) is 6.07 Å². The van der Waals surface area contributed by atoms with E-state index in [1.807, 2.05) is 18.2 Å². The molecule has 2 rings (SSSR count). The van der Waals surface area contributed by atoms with Crippen molar-refractivity contribution in [2.45, 2.75) is 3.79 Å². The minimum Gasteiger partial charge on any atom is -0.494 e. The van der Waals surface area contributed by atoms with Gasteiger partial charge in [0.15, 0.2) is 0 Å². The van der Waals surface area contributed by atoms with E-state index in [1.165, 1.54) is 7.11 Å². The summed E-state index contributed by atoms with van der Waals surface area (Å²) in [5.74, 6) is 0.457. The number of para-hydroxylation sites is 1. The van der Waals surface area contributed by atoms with Crippen molar-refractivity contribution in [1.29, 1.82) is 0 Å². The van der Waals surface area contributed by atoms with Gasteiger partial charge in [-0.1, -0.05) is 58.5 Å². The first-order valence-corrected chi connectivity index (χ1v) is 6.15. The first-order valence-electron chi connectivity index (χ1n) is 4.64. The molecule has 0 aliphatic rings. The Labute approximate surface area is 118 Å². The number of fused-ring (bicyclic) bond motifs is 1. The lowest BCUT2D eigenvalue weighted by molar-refractivity contribution is 0.419. The summed E-state index contributed by atoms with van der Waals surface area (Å²) in [6.07, 6.45) is 0. The normalized spacial score (nSPS) is 11.8. The average Bonchev–Trinajstić information content (AvgIpc) is 2.27. The molecular formula is C11H7Cl4NO. The van der Waals surface area contributed by atoms with Gasteiger partial charge in [0.25, 0.3) is 0 Å². The van der Waals surface area contributed by atoms with Crippen LogP contribution in [-0.2, 0) is 3.79 Å². The van der Waals surface area contributed by atoms with Crippen molar-refractivity contribution in [3.05, 3.63) is 35.0 Å². The van der Waals surface area contributed by atoms with E-state index in [2.05, 4.69) is 4.98 Å². The number of hydrogen-bond acceptors (Lipinski definition) is 2. The Morgan fingerprint density at radius 2 is 1.82 bits per heavy atom. The van der Waals surface area contributed by atoms with Gasteiger partial charge in [-0.3, -0.25) is 0 Å². The van der Waals surface area contributed by atoms with Crippen molar-refractivity contribution in [1.82, 2.24) is 4.98 Å². The minimum atomic E-state index is -1.69. The van der Waals surface area contributed by atoms with Crippen molar-refractivity contribution in [3.8, 4) is 5.75 Å². The number of pyridine rings is 1. The van der Waals surface area contributed by atoms with Crippen molar-refractivity contribution >= 4 is 57.3 Å². The highest BCUT2D eigenvalue weighted by Crippen LogP contribution is 2.45. The van der Waals surface area contributed by atoms with E-state index in [4.69, 9.17) is 51.1 Å². The lowest BCUT2D eigenvalue weighted by Gasteiger charge is -2.16. The van der Waals surface area contributed by atoms with Crippen LogP contribution in [0.2, 0.25) is 5.02 Å². The second-order valence-corrected chi connectivity index (χ2v) is 5.98. The first kappa shape index (κ1) is 13.0. The predicted molar refractivity (Wildman–Crippen MR) is 72.5 cm³/mol. The standard InChI is InChI=1S/C11H7Cl4NO/c1-17-9-6-4-2-3-5-7(6)16-10(8(9)12)11(13,14)15/h2-5H,1H3. The summed E-state index contributed by atoms with van der Waals surface area (Å²) < 4.78 is 3.56. The molecule has 0 spiro atoms. The van der Waals surface area contributed by atoms with Gasteiger partial charge in [0.05, 0.1) is 12.6 Å². The summed E-state index contributed by atoms with van der Waals surface area (Å²) in [7, 11) is 1.51. The fourth-order valence-electron chi connectivity index (χ4n) is 1.55. The lowest BCUT2D eigenvalue weighted by atomic mass is 10.2. The summed E-state index contributed by atoms with van der Waals surface area (Å²) in [4.78, 5) is 4.25. The van der Waals surface area contributed by atoms with Crippen LogP contribution in [-0.4, -0.2) is 12.1 Å². The van der Waals surface area contributed by atoms with Gasteiger partial charge in [0.2, 0.25) is 3.79 Å². The van der Waals surface area contributed by atoms with Crippen LogP contribution in [0.3, 0.4) is 0 Å². The first-order chi connectivity index (χ1) is 7.95. The molecule has 1 aromatic carbocycles. The van der Waals surface area contributed by atoms with Crippen LogP contribution >= 0.6 is 46.4 Å². The van der Waals surface area contributed by atoms with Gasteiger partial charge in [-0.25, -0.2) is 4.98 Å². The second kappa shape index (κ2) is 4.69. The average molecular weight is 311 g/mol. The number of hydrogen-bond donors (Lipinski definition) is 0. The molecule has 2 nitrogen and oxygen atoms in total. The molecule has 0 fully saturated rings. The number of halogens is 4. The molecule has 0 unspecified atom stereocenters. The molecule has 0 amide bonds. The number of nitrogens with zero attached hydrogens (tertiary/aromatic N) is 1. The zero-order chi connectivity index (χ0) is 12.6. The SMILES string of the molecule is COc1c(Cl)c(C(Cl)(Cl)Cl)nc2ccccc12. The number of benzene rings is 1. The van der Waals surface area contributed by atoms with Gasteiger partial charge in [-0.2, -0.15) is 0 Å². The maximum Gasteiger partial charge on any atom is 0.234 e. The van der Waals surface area contributed by atoms with E-state index < -0.39 is 3.79 Å². The molecular weight excluding hydrogens is 304 g/mol. The van der Waals surface area contributed by atoms with Crippen LogP contribution in [0, 0.1) is 0 Å². The Bertz CT molecular complexity index is 565. The summed E-state index contributed by atoms with van der Waals surface area (Å²) >= 11 is 23.6. The third-order valence-electron chi connectivity index (χ3n) is 2.26. The smallest absolute Gasteiger partial charge is 0.234 e. The van der Waals surface area contributed by atoms with Gasteiger partial charge < -0.3 is 4.74 Å². The van der Waals surface area contributed by atoms with Crippen molar-refractivity contribution in [2.24, 2.45) is 0 Å². The molecule has 0 saturated heterocycles. The monoisotopic (exact) mass is 309 g/mol. The van der Waals surface area contributed by atoms with Gasteiger partial charge in [-0.15, -0.1) is 0 Å². The van der Waals surface area contributed by atoms with Crippen LogP contribution in [0.1, 0.15) is 5.69 Å². The third-order valence-corrected chi connectivity index (χ3v) is 3.15. The van der Waals surface area contributed by atoms with Gasteiger partial charge in [-0.05, 0) is 12.1 Å². The van der Waals surface area contributed by atoms with Gasteiger partial charge in [0, 0.05) is 5.39 Å². The number of aromatic nitrogens is 1. The summed E-state index contributed by atoms with van der Waals surface area (Å²) in [6, 6.07) is 7.34. The maximum absolute atomic E-state index is 6.13. The fraction of sp³-hybridized carbons (Fsp3) is 0.182. The molecule has 1 heterocycles. The molecule has 17 heavy (non-hydrogen) atoms. The largest absolute Gasteiger partial charge is 0.494 e. The van der Waals surface area contributed by atoms with E-state index in [9.17, 15) is 0 Å². The van der Waals surface area contributed by atoms with Crippen LogP contribution in [0.25, 0.3) is 10.9 Å². The molecule has 0 atom stereocenters. The minimum absolute atomic E-state index is 0.166. The van der Waals surface area contributed by atoms with Crippen molar-refractivity contribution < 1.29 is 4.74 Å². The summed E-state index contributed by atoms with van der Waals surface area (Å²) in [5, 5.41) is 0.990. The predicted octanol–water partition coefficient (Wildman–Crippen LogP) is 4.72. The second-order valence-electron chi connectivity index (χ2n) is 3.32. The third kappa shape index (κ3) is 2.41. The topological polar surface area (TPSA) is 22.1 Å². The molecule has 0 N–H and O–H groups in total. The van der Waals surface area contributed by atoms with Gasteiger partial charge in [0.1, 0.15) is 16.5 Å². The number of methoxy groups -OCH3 is 1. The molecule has 1 aromatic heterocycles. The highest BCUT2D eigenvalue weighted by Gasteiger charge is 2.30. The fourth-order valence-corrected chi connectivity index (χ4v) is 2.46. The summed E-state index contributed by atoms with van der Waals surface area (Å²) in [6.45, 7) is 0. The van der Waals surface area contributed by atoms with Crippen LogP contribution in [0.5, 0.6) is 5.75 Å². The Kier molecular flexibility index (Phi) is 3.60. The molecule has 2 aromatic rings. The quantitative estimate of drug-likeness (QED) is 0.711. The Morgan fingerprint density at radius 1 is 1.18 bits per heavy atom. The molecule has 0 radical (unpaired) electrons. The molecule has 0 aliphatic carbocycles. The lowest BCUT2D eigenvalue weighted by Crippen LogP contribution is -2.06. The van der Waals surface area contributed by atoms with Crippen molar-refractivity contribution in [2.75, 3.05) is 7.11 Å². The van der Waals surface area contributed by atoms with E-state index in [0.717, 1.165) is 5.39 Å². The molecule has 0 bridgehead atoms. The van der Waals surface area contributed by atoms with E-state index in [-0.39, 0.29) is 10.7 Å². The zero-order valence-corrected chi connectivity index (χ0v) is 11.7. The van der Waals surface area contributed by atoms with Crippen LogP contribution in [0.15, 0.2) is 24.3 Å². The van der Waals surface area contributed by atoms with E-state index in [0.29, 0.717) is 11.3 Å². The highest BCUT2D eigenvalue weighted by molar-refractivity contribution is 6.67. The Balaban J connectivity index is 2.85. The van der Waals surface area contributed by atoms with Crippen molar-refractivity contribution in [3.63, 3.8) is 0 Å².